The van der Waals surface area contributed by atoms with Gasteiger partial charge in [0.25, 0.3) is 0 Å². The van der Waals surface area contributed by atoms with Crippen molar-refractivity contribution >= 4 is 39.0 Å². The molecule has 1 aromatic heterocycles. The van der Waals surface area contributed by atoms with Gasteiger partial charge in [-0.3, -0.25) is 0 Å². The minimum atomic E-state index is -0.506. The van der Waals surface area contributed by atoms with Crippen LogP contribution in [0.25, 0.3) is 55.3 Å². The van der Waals surface area contributed by atoms with Crippen LogP contribution in [0.2, 0.25) is 0 Å². The average Bonchev–Trinajstić information content (AvgIpc) is 3.81. The van der Waals surface area contributed by atoms with E-state index in [1.165, 1.54) is 55.6 Å². The molecule has 1 aliphatic carbocycles. The van der Waals surface area contributed by atoms with Crippen LogP contribution >= 0.6 is 0 Å². The summed E-state index contributed by atoms with van der Waals surface area (Å²) in [5.41, 5.74) is 17.0. The second kappa shape index (κ2) is 13.4. The van der Waals surface area contributed by atoms with Crippen LogP contribution in [-0.4, -0.2) is 0 Å². The largest absolute Gasteiger partial charge is 0.456 e. The Balaban J connectivity index is 1.10. The molecular formula is C55H37NO. The van der Waals surface area contributed by atoms with E-state index >= 15 is 0 Å². The zero-order valence-corrected chi connectivity index (χ0v) is 31.2. The van der Waals surface area contributed by atoms with Gasteiger partial charge in [0.05, 0.1) is 5.41 Å². The van der Waals surface area contributed by atoms with E-state index in [9.17, 15) is 0 Å². The molecule has 0 unspecified atom stereocenters. The van der Waals surface area contributed by atoms with Gasteiger partial charge in [-0.15, -0.1) is 0 Å². The highest BCUT2D eigenvalue weighted by Crippen LogP contribution is 2.59. The molecule has 1 aliphatic rings. The molecule has 10 aromatic rings. The van der Waals surface area contributed by atoms with Gasteiger partial charge in [0.15, 0.2) is 0 Å². The Labute approximate surface area is 332 Å². The summed E-state index contributed by atoms with van der Waals surface area (Å²) in [6, 6.07) is 81.3. The van der Waals surface area contributed by atoms with E-state index in [2.05, 4.69) is 217 Å². The predicted octanol–water partition coefficient (Wildman–Crippen LogP) is 14.8. The van der Waals surface area contributed by atoms with Crippen molar-refractivity contribution in [1.29, 1.82) is 0 Å². The maximum absolute atomic E-state index is 6.21. The van der Waals surface area contributed by atoms with Crippen LogP contribution < -0.4 is 4.90 Å². The molecule has 0 fully saturated rings. The summed E-state index contributed by atoms with van der Waals surface area (Å²) in [6.45, 7) is 0. The fraction of sp³-hybridized carbons (Fsp3) is 0.0182. The molecule has 0 bridgehead atoms. The number of para-hydroxylation sites is 2. The Kier molecular flexibility index (Phi) is 7.75. The summed E-state index contributed by atoms with van der Waals surface area (Å²) in [5, 5.41) is 2.23. The summed E-state index contributed by atoms with van der Waals surface area (Å²) in [4.78, 5) is 2.33. The fourth-order valence-corrected chi connectivity index (χ4v) is 9.26. The number of fused-ring (bicyclic) bond motifs is 6. The monoisotopic (exact) mass is 727 g/mol. The van der Waals surface area contributed by atoms with E-state index in [4.69, 9.17) is 4.42 Å². The first-order valence-electron chi connectivity index (χ1n) is 19.6. The van der Waals surface area contributed by atoms with Gasteiger partial charge in [0.2, 0.25) is 0 Å². The first-order valence-corrected chi connectivity index (χ1v) is 19.6. The van der Waals surface area contributed by atoms with E-state index in [0.29, 0.717) is 0 Å². The van der Waals surface area contributed by atoms with Gasteiger partial charge in [-0.1, -0.05) is 170 Å². The maximum atomic E-state index is 6.21. The topological polar surface area (TPSA) is 16.4 Å². The first-order chi connectivity index (χ1) is 28.3. The lowest BCUT2D eigenvalue weighted by atomic mass is 9.67. The van der Waals surface area contributed by atoms with E-state index in [-0.39, 0.29) is 0 Å². The lowest BCUT2D eigenvalue weighted by Crippen LogP contribution is -2.28. The van der Waals surface area contributed by atoms with E-state index in [1.807, 2.05) is 12.1 Å². The SMILES string of the molecule is c1ccc(-c2ccc3c(c2)C(c2ccccc2)(c2ccccc2)c2cccc(-c4ccc(N(c5ccccc5)c5ccc6oc7ccccc7c6c5)cc4)c2-3)cc1. The Morgan fingerprint density at radius 1 is 0.333 bits per heavy atom. The third-order valence-electron chi connectivity index (χ3n) is 11.8. The van der Waals surface area contributed by atoms with Crippen molar-refractivity contribution in [2.45, 2.75) is 5.41 Å². The number of rotatable bonds is 7. The molecule has 0 atom stereocenters. The van der Waals surface area contributed by atoms with Gasteiger partial charge >= 0.3 is 0 Å². The van der Waals surface area contributed by atoms with Gasteiger partial charge in [-0.2, -0.15) is 0 Å². The smallest absolute Gasteiger partial charge is 0.135 e. The zero-order chi connectivity index (χ0) is 37.8. The maximum Gasteiger partial charge on any atom is 0.135 e. The number of benzene rings is 9. The molecule has 9 aromatic carbocycles. The molecule has 0 aliphatic heterocycles. The standard InChI is InChI=1S/C55H37NO/c1-5-16-38(17-6-1)40-30-34-48-51(36-40)55(41-18-7-2-8-19-41,42-20-9-3-10-21-42)50-26-15-25-46(54(48)50)39-28-31-44(32-29-39)56(43-22-11-4-12-23-43)45-33-35-53-49(37-45)47-24-13-14-27-52(47)57-53/h1-37H. The third kappa shape index (κ3) is 5.26. The Morgan fingerprint density at radius 2 is 0.912 bits per heavy atom. The van der Waals surface area contributed by atoms with Crippen molar-refractivity contribution in [3.05, 3.63) is 247 Å². The van der Waals surface area contributed by atoms with Crippen LogP contribution in [0.5, 0.6) is 0 Å². The van der Waals surface area contributed by atoms with Crippen LogP contribution in [-0.2, 0) is 5.41 Å². The molecule has 0 saturated heterocycles. The molecule has 2 nitrogen and oxygen atoms in total. The molecule has 1 heterocycles. The van der Waals surface area contributed by atoms with Crippen molar-refractivity contribution in [1.82, 2.24) is 0 Å². The molecule has 57 heavy (non-hydrogen) atoms. The van der Waals surface area contributed by atoms with Crippen molar-refractivity contribution < 1.29 is 4.42 Å². The summed E-state index contributed by atoms with van der Waals surface area (Å²) in [6.07, 6.45) is 0. The quantitative estimate of drug-likeness (QED) is 0.163. The predicted molar refractivity (Wildman–Crippen MR) is 237 cm³/mol. The molecule has 0 radical (unpaired) electrons. The average molecular weight is 728 g/mol. The highest BCUT2D eigenvalue weighted by molar-refractivity contribution is 6.06. The summed E-state index contributed by atoms with van der Waals surface area (Å²) < 4.78 is 6.21. The lowest BCUT2D eigenvalue weighted by molar-refractivity contribution is 0.669. The van der Waals surface area contributed by atoms with Crippen LogP contribution in [0.15, 0.2) is 229 Å². The molecule has 268 valence electrons. The zero-order valence-electron chi connectivity index (χ0n) is 31.2. The molecule has 11 rings (SSSR count). The van der Waals surface area contributed by atoms with Gasteiger partial charge in [-0.05, 0) is 110 Å². The lowest BCUT2D eigenvalue weighted by Gasteiger charge is -2.34. The van der Waals surface area contributed by atoms with E-state index in [0.717, 1.165) is 39.0 Å². The number of nitrogens with zero attached hydrogens (tertiary/aromatic N) is 1. The second-order valence-corrected chi connectivity index (χ2v) is 14.8. The highest BCUT2D eigenvalue weighted by atomic mass is 16.3. The van der Waals surface area contributed by atoms with Gasteiger partial charge in [-0.25, -0.2) is 0 Å². The van der Waals surface area contributed by atoms with Crippen molar-refractivity contribution in [3.63, 3.8) is 0 Å². The van der Waals surface area contributed by atoms with Crippen molar-refractivity contribution in [2.24, 2.45) is 0 Å². The molecule has 0 N–H and O–H groups in total. The Hall–Kier alpha value is -7.42. The number of anilines is 3. The van der Waals surface area contributed by atoms with Gasteiger partial charge < -0.3 is 9.32 Å². The summed E-state index contributed by atoms with van der Waals surface area (Å²) >= 11 is 0. The van der Waals surface area contributed by atoms with Gasteiger partial charge in [0, 0.05) is 27.8 Å². The van der Waals surface area contributed by atoms with E-state index < -0.39 is 5.41 Å². The van der Waals surface area contributed by atoms with E-state index in [1.54, 1.807) is 0 Å². The Bertz CT molecular complexity index is 3000. The van der Waals surface area contributed by atoms with Crippen LogP contribution in [0.4, 0.5) is 17.1 Å². The van der Waals surface area contributed by atoms with Crippen LogP contribution in [0.3, 0.4) is 0 Å². The fourth-order valence-electron chi connectivity index (χ4n) is 9.26. The van der Waals surface area contributed by atoms with Crippen LogP contribution in [0.1, 0.15) is 22.3 Å². The molecule has 0 spiro atoms. The first kappa shape index (κ1) is 33.0. The molecule has 0 saturated carbocycles. The van der Waals surface area contributed by atoms with Crippen LogP contribution in [0, 0.1) is 0 Å². The normalized spacial score (nSPS) is 12.7. The molecule has 2 heteroatoms. The van der Waals surface area contributed by atoms with Crippen molar-refractivity contribution in [2.75, 3.05) is 4.90 Å². The van der Waals surface area contributed by atoms with Gasteiger partial charge in [0.1, 0.15) is 11.2 Å². The molecule has 0 amide bonds. The number of hydrogen-bond acceptors (Lipinski definition) is 2. The number of furan rings is 1. The molecular weight excluding hydrogens is 691 g/mol. The number of hydrogen-bond donors (Lipinski definition) is 0. The van der Waals surface area contributed by atoms with Crippen molar-refractivity contribution in [3.8, 4) is 33.4 Å². The summed E-state index contributed by atoms with van der Waals surface area (Å²) in [7, 11) is 0. The minimum Gasteiger partial charge on any atom is -0.456 e. The minimum absolute atomic E-state index is 0.506. The second-order valence-electron chi connectivity index (χ2n) is 14.8. The third-order valence-corrected chi connectivity index (χ3v) is 11.8. The Morgan fingerprint density at radius 3 is 1.63 bits per heavy atom. The highest BCUT2D eigenvalue weighted by Gasteiger charge is 2.47. The summed E-state index contributed by atoms with van der Waals surface area (Å²) in [5.74, 6) is 0.